The minimum atomic E-state index is -0.656. The highest BCUT2D eigenvalue weighted by molar-refractivity contribution is 6.36. The zero-order valence-electron chi connectivity index (χ0n) is 12.7. The third-order valence-corrected chi connectivity index (χ3v) is 3.43. The van der Waals surface area contributed by atoms with Crippen LogP contribution in [0.2, 0.25) is 5.02 Å². The van der Waals surface area contributed by atoms with Crippen LogP contribution in [0.5, 0.6) is 11.5 Å². The lowest BCUT2D eigenvalue weighted by molar-refractivity contribution is -0.143. The number of benzene rings is 1. The molecule has 0 N–H and O–H groups in total. The maximum absolute atomic E-state index is 12.1. The predicted molar refractivity (Wildman–Crippen MR) is 83.1 cm³/mol. The van der Waals surface area contributed by atoms with Gasteiger partial charge < -0.3 is 9.47 Å². The van der Waals surface area contributed by atoms with Crippen LogP contribution in [0.4, 0.5) is 0 Å². The molecule has 0 unspecified atom stereocenters. The molecular formula is C16H15ClN2O3. The van der Waals surface area contributed by atoms with Crippen LogP contribution in [-0.2, 0) is 4.79 Å². The first kappa shape index (κ1) is 16.1. The number of aromatic nitrogens is 1. The van der Waals surface area contributed by atoms with Gasteiger partial charge in [-0.05, 0) is 26.8 Å². The fraction of sp³-hybridized carbons (Fsp3) is 0.312. The monoisotopic (exact) mass is 318 g/mol. The molecular weight excluding hydrogens is 304 g/mol. The first-order valence-corrected chi connectivity index (χ1v) is 6.94. The number of nitrogens with zero attached hydrogens (tertiary/aromatic N) is 2. The van der Waals surface area contributed by atoms with Crippen molar-refractivity contribution in [1.29, 1.82) is 5.26 Å². The number of methoxy groups -OCH3 is 1. The standard InChI is InChI=1S/C16H15ClN2O3/c1-16(2,3)15(20)22-13-5-10-11(6-12(13)21-4)19-8-9(7-18)14(10)17/h5-6,8H,1-4H3. The maximum atomic E-state index is 12.1. The number of ether oxygens (including phenoxy) is 2. The van der Waals surface area contributed by atoms with Crippen molar-refractivity contribution in [3.05, 3.63) is 28.9 Å². The van der Waals surface area contributed by atoms with Gasteiger partial charge in [0, 0.05) is 17.6 Å². The molecule has 0 saturated carbocycles. The second kappa shape index (κ2) is 5.82. The van der Waals surface area contributed by atoms with E-state index in [1.165, 1.54) is 13.3 Å². The molecule has 0 fully saturated rings. The van der Waals surface area contributed by atoms with Gasteiger partial charge in [-0.3, -0.25) is 9.78 Å². The Bertz CT molecular complexity index is 789. The molecule has 0 amide bonds. The van der Waals surface area contributed by atoms with Crippen LogP contribution in [0.15, 0.2) is 18.3 Å². The summed E-state index contributed by atoms with van der Waals surface area (Å²) in [7, 11) is 1.47. The van der Waals surface area contributed by atoms with Crippen LogP contribution in [0.1, 0.15) is 26.3 Å². The number of halogens is 1. The number of nitriles is 1. The summed E-state index contributed by atoms with van der Waals surface area (Å²) in [5.74, 6) is 0.220. The minimum Gasteiger partial charge on any atom is -0.493 e. The van der Waals surface area contributed by atoms with E-state index < -0.39 is 11.4 Å². The second-order valence-corrected chi connectivity index (χ2v) is 6.14. The van der Waals surface area contributed by atoms with Crippen molar-refractivity contribution >= 4 is 28.5 Å². The summed E-state index contributed by atoms with van der Waals surface area (Å²) in [6, 6.07) is 5.15. The zero-order valence-corrected chi connectivity index (χ0v) is 13.5. The van der Waals surface area contributed by atoms with Crippen LogP contribution < -0.4 is 9.47 Å². The molecule has 0 atom stereocenters. The second-order valence-electron chi connectivity index (χ2n) is 5.76. The number of pyridine rings is 1. The summed E-state index contributed by atoms with van der Waals surface area (Å²) in [6.45, 7) is 5.27. The van der Waals surface area contributed by atoms with Crippen molar-refractivity contribution in [3.8, 4) is 17.6 Å². The lowest BCUT2D eigenvalue weighted by Crippen LogP contribution is -2.25. The van der Waals surface area contributed by atoms with E-state index in [-0.39, 0.29) is 16.3 Å². The highest BCUT2D eigenvalue weighted by Gasteiger charge is 2.25. The van der Waals surface area contributed by atoms with E-state index in [9.17, 15) is 4.79 Å². The van der Waals surface area contributed by atoms with Gasteiger partial charge in [0.1, 0.15) is 6.07 Å². The van der Waals surface area contributed by atoms with Crippen molar-refractivity contribution in [2.75, 3.05) is 7.11 Å². The van der Waals surface area contributed by atoms with Crippen molar-refractivity contribution in [1.82, 2.24) is 4.98 Å². The van der Waals surface area contributed by atoms with E-state index >= 15 is 0 Å². The third-order valence-electron chi connectivity index (χ3n) is 3.02. The quantitative estimate of drug-likeness (QED) is 0.623. The first-order chi connectivity index (χ1) is 10.3. The van der Waals surface area contributed by atoms with Gasteiger partial charge in [-0.2, -0.15) is 5.26 Å². The van der Waals surface area contributed by atoms with Crippen LogP contribution in [-0.4, -0.2) is 18.1 Å². The van der Waals surface area contributed by atoms with E-state index in [1.807, 2.05) is 6.07 Å². The molecule has 0 spiro atoms. The molecule has 2 rings (SSSR count). The van der Waals surface area contributed by atoms with E-state index in [0.717, 1.165) is 0 Å². The highest BCUT2D eigenvalue weighted by Crippen LogP contribution is 2.36. The Balaban J connectivity index is 2.60. The van der Waals surface area contributed by atoms with Gasteiger partial charge in [-0.1, -0.05) is 11.6 Å². The van der Waals surface area contributed by atoms with Gasteiger partial charge in [0.15, 0.2) is 11.5 Å². The molecule has 114 valence electrons. The molecule has 0 aliphatic rings. The summed E-state index contributed by atoms with van der Waals surface area (Å²) in [5.41, 5.74) is 0.153. The Morgan fingerprint density at radius 3 is 2.55 bits per heavy atom. The van der Waals surface area contributed by atoms with Crippen LogP contribution in [0.25, 0.3) is 10.9 Å². The van der Waals surface area contributed by atoms with E-state index in [2.05, 4.69) is 4.98 Å². The van der Waals surface area contributed by atoms with Gasteiger partial charge in [0.25, 0.3) is 0 Å². The number of fused-ring (bicyclic) bond motifs is 1. The van der Waals surface area contributed by atoms with Gasteiger partial charge in [-0.15, -0.1) is 0 Å². The molecule has 0 aliphatic heterocycles. The fourth-order valence-corrected chi connectivity index (χ4v) is 1.98. The number of hydrogen-bond acceptors (Lipinski definition) is 5. The van der Waals surface area contributed by atoms with Crippen molar-refractivity contribution in [2.45, 2.75) is 20.8 Å². The predicted octanol–water partition coefficient (Wildman–Crippen LogP) is 3.72. The van der Waals surface area contributed by atoms with E-state index in [0.29, 0.717) is 16.7 Å². The molecule has 0 aliphatic carbocycles. The lowest BCUT2D eigenvalue weighted by atomic mass is 9.97. The van der Waals surface area contributed by atoms with Crippen molar-refractivity contribution in [3.63, 3.8) is 0 Å². The smallest absolute Gasteiger partial charge is 0.316 e. The summed E-state index contributed by atoms with van der Waals surface area (Å²) < 4.78 is 10.6. The molecule has 2 aromatic rings. The largest absolute Gasteiger partial charge is 0.493 e. The van der Waals surface area contributed by atoms with Gasteiger partial charge in [0.2, 0.25) is 0 Å². The molecule has 0 saturated heterocycles. The Kier molecular flexibility index (Phi) is 4.25. The molecule has 5 nitrogen and oxygen atoms in total. The van der Waals surface area contributed by atoms with E-state index in [4.69, 9.17) is 26.3 Å². The average Bonchev–Trinajstić information content (AvgIpc) is 2.46. The Hall–Kier alpha value is -2.32. The Labute approximate surface area is 133 Å². The third kappa shape index (κ3) is 2.97. The van der Waals surface area contributed by atoms with Gasteiger partial charge in [-0.25, -0.2) is 0 Å². The molecule has 1 aromatic carbocycles. The maximum Gasteiger partial charge on any atom is 0.316 e. The van der Waals surface area contributed by atoms with Gasteiger partial charge >= 0.3 is 5.97 Å². The van der Waals surface area contributed by atoms with Crippen LogP contribution in [0, 0.1) is 16.7 Å². The molecule has 22 heavy (non-hydrogen) atoms. The fourth-order valence-electron chi connectivity index (χ4n) is 1.74. The number of carbonyl (C=O) groups excluding carboxylic acids is 1. The summed E-state index contributed by atoms with van der Waals surface area (Å²) in [6.07, 6.45) is 1.39. The molecule has 1 aromatic heterocycles. The molecule has 6 heteroatoms. The van der Waals surface area contributed by atoms with E-state index in [1.54, 1.807) is 32.9 Å². The summed E-state index contributed by atoms with van der Waals surface area (Å²) in [5, 5.41) is 9.81. The number of rotatable bonds is 2. The minimum absolute atomic E-state index is 0.244. The van der Waals surface area contributed by atoms with Gasteiger partial charge in [0.05, 0.1) is 28.6 Å². The Morgan fingerprint density at radius 1 is 1.32 bits per heavy atom. The number of hydrogen-bond donors (Lipinski definition) is 0. The molecule has 1 heterocycles. The van der Waals surface area contributed by atoms with Crippen molar-refractivity contribution in [2.24, 2.45) is 5.41 Å². The molecule has 0 bridgehead atoms. The first-order valence-electron chi connectivity index (χ1n) is 6.56. The lowest BCUT2D eigenvalue weighted by Gasteiger charge is -2.18. The summed E-state index contributed by atoms with van der Waals surface area (Å²) >= 11 is 6.19. The van der Waals surface area contributed by atoms with Crippen molar-refractivity contribution < 1.29 is 14.3 Å². The topological polar surface area (TPSA) is 72.2 Å². The Morgan fingerprint density at radius 2 is 2.00 bits per heavy atom. The number of carbonyl (C=O) groups is 1. The zero-order chi connectivity index (χ0) is 16.5. The average molecular weight is 319 g/mol. The summed E-state index contributed by atoms with van der Waals surface area (Å²) in [4.78, 5) is 16.2. The number of esters is 1. The SMILES string of the molecule is COc1cc2ncc(C#N)c(Cl)c2cc1OC(=O)C(C)(C)C. The normalized spacial score (nSPS) is 11.1. The highest BCUT2D eigenvalue weighted by atomic mass is 35.5. The van der Waals surface area contributed by atoms with Crippen LogP contribution >= 0.6 is 11.6 Å². The molecule has 0 radical (unpaired) electrons. The van der Waals surface area contributed by atoms with Crippen LogP contribution in [0.3, 0.4) is 0 Å².